The average molecular weight is 496 g/mol. The molecule has 0 spiro atoms. The van der Waals surface area contributed by atoms with E-state index in [2.05, 4.69) is 34.3 Å². The van der Waals surface area contributed by atoms with Crippen molar-refractivity contribution in [1.82, 2.24) is 15.0 Å². The number of ether oxygens (including phenoxy) is 3. The predicted octanol–water partition coefficient (Wildman–Crippen LogP) is 2.91. The first-order valence-corrected chi connectivity index (χ1v) is 13.2. The molecule has 3 fully saturated rings. The van der Waals surface area contributed by atoms with Crippen molar-refractivity contribution < 1.29 is 24.4 Å². The molecule has 5 atom stereocenters. The van der Waals surface area contributed by atoms with Crippen molar-refractivity contribution in [3.63, 3.8) is 0 Å². The molecule has 1 aliphatic carbocycles. The fraction of sp³-hybridized carbons (Fsp3) is 0.643. The van der Waals surface area contributed by atoms with E-state index < -0.39 is 5.60 Å². The highest BCUT2D eigenvalue weighted by Crippen LogP contribution is 2.40. The summed E-state index contributed by atoms with van der Waals surface area (Å²) in [6.07, 6.45) is 9.30. The molecule has 0 unspecified atom stereocenters. The van der Waals surface area contributed by atoms with Crippen LogP contribution in [0, 0.1) is 11.8 Å². The van der Waals surface area contributed by atoms with Gasteiger partial charge < -0.3 is 24.4 Å². The van der Waals surface area contributed by atoms with Gasteiger partial charge in [0.15, 0.2) is 0 Å². The van der Waals surface area contributed by atoms with Gasteiger partial charge in [-0.15, -0.1) is 5.10 Å². The molecule has 2 aliphatic heterocycles. The zero-order valence-electron chi connectivity index (χ0n) is 21.0. The van der Waals surface area contributed by atoms with Crippen LogP contribution in [0.15, 0.2) is 30.5 Å². The van der Waals surface area contributed by atoms with Crippen molar-refractivity contribution in [3.05, 3.63) is 47.3 Å². The van der Waals surface area contributed by atoms with Gasteiger partial charge in [0.2, 0.25) is 0 Å². The zero-order chi connectivity index (χ0) is 25.0. The van der Waals surface area contributed by atoms with Gasteiger partial charge >= 0.3 is 0 Å². The van der Waals surface area contributed by atoms with Gasteiger partial charge in [-0.05, 0) is 56.2 Å². The minimum Gasteiger partial charge on any atom is -0.394 e. The number of aliphatic hydroxyl groups excluding tert-OH is 1. The number of fused-ring (bicyclic) bond motifs is 1. The van der Waals surface area contributed by atoms with Gasteiger partial charge in [0, 0.05) is 19.1 Å². The molecule has 0 bridgehead atoms. The molecule has 0 radical (unpaired) electrons. The van der Waals surface area contributed by atoms with Gasteiger partial charge in [0.05, 0.1) is 43.3 Å². The van der Waals surface area contributed by atoms with E-state index >= 15 is 0 Å². The molecular formula is C28H37N3O5. The van der Waals surface area contributed by atoms with E-state index in [1.807, 2.05) is 23.0 Å². The lowest BCUT2D eigenvalue weighted by atomic mass is 9.88. The van der Waals surface area contributed by atoms with E-state index in [0.29, 0.717) is 12.3 Å². The van der Waals surface area contributed by atoms with E-state index in [0.717, 1.165) is 63.4 Å². The minimum absolute atomic E-state index is 0.0227. The number of methoxy groups -OCH3 is 1. The van der Waals surface area contributed by atoms with Crippen LogP contribution in [-0.2, 0) is 26.2 Å². The van der Waals surface area contributed by atoms with E-state index in [1.54, 1.807) is 7.11 Å². The van der Waals surface area contributed by atoms with Crippen LogP contribution >= 0.6 is 0 Å². The SMILES string of the molecule is COCC#Cc1ccc(CC[C@H]2O[C@H]3CC[C@H](CO)O[C@H]3C[C@@H]2n2cc(C3(O)CCCC3)nn2)cc1. The summed E-state index contributed by atoms with van der Waals surface area (Å²) in [5.41, 5.74) is 1.99. The van der Waals surface area contributed by atoms with Crippen molar-refractivity contribution in [1.29, 1.82) is 0 Å². The Morgan fingerprint density at radius 2 is 1.94 bits per heavy atom. The molecule has 8 heteroatoms. The third-order valence-corrected chi connectivity index (χ3v) is 7.89. The highest BCUT2D eigenvalue weighted by molar-refractivity contribution is 5.36. The van der Waals surface area contributed by atoms with Crippen molar-refractivity contribution in [2.75, 3.05) is 20.3 Å². The first kappa shape index (κ1) is 25.4. The molecule has 1 aromatic carbocycles. The van der Waals surface area contributed by atoms with Crippen LogP contribution in [0.3, 0.4) is 0 Å². The molecule has 194 valence electrons. The maximum absolute atomic E-state index is 11.0. The number of benzene rings is 1. The molecule has 2 aromatic rings. The van der Waals surface area contributed by atoms with E-state index in [9.17, 15) is 10.2 Å². The van der Waals surface area contributed by atoms with E-state index in [1.165, 1.54) is 5.56 Å². The Labute approximate surface area is 212 Å². The van der Waals surface area contributed by atoms with Gasteiger partial charge in [0.1, 0.15) is 17.9 Å². The van der Waals surface area contributed by atoms with Crippen LogP contribution in [-0.4, -0.2) is 69.9 Å². The van der Waals surface area contributed by atoms with Gasteiger partial charge in [0.25, 0.3) is 0 Å². The Morgan fingerprint density at radius 1 is 1.14 bits per heavy atom. The second-order valence-electron chi connectivity index (χ2n) is 10.4. The van der Waals surface area contributed by atoms with Crippen LogP contribution in [0.5, 0.6) is 0 Å². The van der Waals surface area contributed by atoms with Gasteiger partial charge in [-0.1, -0.05) is 42.0 Å². The fourth-order valence-electron chi connectivity index (χ4n) is 5.82. The number of aliphatic hydroxyl groups is 2. The topological polar surface area (TPSA) is 98.9 Å². The molecular weight excluding hydrogens is 458 g/mol. The molecule has 5 rings (SSSR count). The lowest BCUT2D eigenvalue weighted by molar-refractivity contribution is -0.209. The summed E-state index contributed by atoms with van der Waals surface area (Å²) < 4.78 is 19.7. The summed E-state index contributed by atoms with van der Waals surface area (Å²) in [6, 6.07) is 8.29. The Kier molecular flexibility index (Phi) is 8.04. The first-order valence-electron chi connectivity index (χ1n) is 13.2. The van der Waals surface area contributed by atoms with Gasteiger partial charge in [-0.3, -0.25) is 0 Å². The third kappa shape index (κ3) is 5.66. The largest absolute Gasteiger partial charge is 0.394 e. The summed E-state index contributed by atoms with van der Waals surface area (Å²) >= 11 is 0. The Balaban J connectivity index is 1.31. The van der Waals surface area contributed by atoms with Crippen molar-refractivity contribution in [2.45, 2.75) is 93.8 Å². The molecule has 2 N–H and O–H groups in total. The molecule has 36 heavy (non-hydrogen) atoms. The number of rotatable bonds is 7. The standard InChI is InChI=1S/C28H37N3O5/c1-34-16-4-5-20-6-8-21(9-7-20)10-12-24-23(17-26-25(36-24)13-11-22(19-32)35-26)31-18-27(29-30-31)28(33)14-2-3-15-28/h6-9,18,22-26,32-33H,2-3,10-17,19H2,1H3/t22-,23+,24-,25+,26+/m1/s1. The minimum atomic E-state index is -0.872. The highest BCUT2D eigenvalue weighted by atomic mass is 16.6. The normalized spacial score (nSPS) is 29.4. The van der Waals surface area contributed by atoms with Crippen molar-refractivity contribution in [2.24, 2.45) is 0 Å². The predicted molar refractivity (Wildman–Crippen MR) is 133 cm³/mol. The fourth-order valence-corrected chi connectivity index (χ4v) is 5.82. The maximum Gasteiger partial charge on any atom is 0.114 e. The molecule has 8 nitrogen and oxygen atoms in total. The van der Waals surface area contributed by atoms with Crippen LogP contribution in [0.4, 0.5) is 0 Å². The molecule has 3 heterocycles. The summed E-state index contributed by atoms with van der Waals surface area (Å²) in [6.45, 7) is 0.456. The molecule has 0 amide bonds. The van der Waals surface area contributed by atoms with Crippen molar-refractivity contribution >= 4 is 0 Å². The third-order valence-electron chi connectivity index (χ3n) is 7.89. The van der Waals surface area contributed by atoms with Crippen LogP contribution in [0.2, 0.25) is 0 Å². The number of hydrogen-bond acceptors (Lipinski definition) is 7. The molecule has 1 aromatic heterocycles. The summed E-state index contributed by atoms with van der Waals surface area (Å²) in [5.74, 6) is 6.09. The monoisotopic (exact) mass is 495 g/mol. The van der Waals surface area contributed by atoms with Crippen LogP contribution < -0.4 is 0 Å². The number of aryl methyl sites for hydroxylation is 1. The summed E-state index contributed by atoms with van der Waals surface area (Å²) in [5, 5.41) is 29.5. The van der Waals surface area contributed by atoms with E-state index in [-0.39, 0.29) is 37.1 Å². The molecule has 2 saturated heterocycles. The van der Waals surface area contributed by atoms with Gasteiger partial charge in [-0.25, -0.2) is 4.68 Å². The van der Waals surface area contributed by atoms with E-state index in [4.69, 9.17) is 14.2 Å². The lowest BCUT2D eigenvalue weighted by Crippen LogP contribution is -2.51. The maximum atomic E-state index is 11.0. The second kappa shape index (κ2) is 11.4. The number of aromatic nitrogens is 3. The number of nitrogens with zero attached hydrogens (tertiary/aromatic N) is 3. The first-order chi connectivity index (χ1) is 17.6. The van der Waals surface area contributed by atoms with Crippen molar-refractivity contribution in [3.8, 4) is 11.8 Å². The molecule has 1 saturated carbocycles. The zero-order valence-corrected chi connectivity index (χ0v) is 21.0. The van der Waals surface area contributed by atoms with Gasteiger partial charge in [-0.2, -0.15) is 0 Å². The summed E-state index contributed by atoms with van der Waals surface area (Å²) in [4.78, 5) is 0. The average Bonchev–Trinajstić information content (AvgIpc) is 3.58. The quantitative estimate of drug-likeness (QED) is 0.570. The Morgan fingerprint density at radius 3 is 2.69 bits per heavy atom. The Bertz CT molecular complexity index is 1050. The van der Waals surface area contributed by atoms with Crippen LogP contribution in [0.1, 0.15) is 74.2 Å². The highest BCUT2D eigenvalue weighted by Gasteiger charge is 2.44. The summed E-state index contributed by atoms with van der Waals surface area (Å²) in [7, 11) is 1.64. The number of hydrogen-bond donors (Lipinski definition) is 2. The Hall–Kier alpha value is -2.28. The van der Waals surface area contributed by atoms with Crippen LogP contribution in [0.25, 0.3) is 0 Å². The smallest absolute Gasteiger partial charge is 0.114 e. The second-order valence-corrected chi connectivity index (χ2v) is 10.4. The lowest BCUT2D eigenvalue weighted by Gasteiger charge is -2.45. The molecule has 3 aliphatic rings.